The maximum atomic E-state index is 11.9. The van der Waals surface area contributed by atoms with E-state index < -0.39 is 0 Å². The molecular weight excluding hydrogens is 330 g/mol. The lowest BCUT2D eigenvalue weighted by atomic mass is 10.2. The molecule has 3 rings (SSSR count). The predicted octanol–water partition coefficient (Wildman–Crippen LogP) is 1.81. The van der Waals surface area contributed by atoms with Crippen molar-refractivity contribution in [2.75, 3.05) is 12.9 Å². The molecule has 2 aromatic heterocycles. The zero-order valence-corrected chi connectivity index (χ0v) is 14.1. The van der Waals surface area contributed by atoms with Gasteiger partial charge in [0.25, 0.3) is 5.89 Å². The highest BCUT2D eigenvalue weighted by atomic mass is 32.2. The quantitative estimate of drug-likeness (QED) is 0.628. The third-order valence-corrected chi connectivity index (χ3v) is 4.05. The summed E-state index contributed by atoms with van der Waals surface area (Å²) in [7, 11) is 1.54. The predicted molar refractivity (Wildman–Crippen MR) is 88.4 cm³/mol. The highest BCUT2D eigenvalue weighted by Gasteiger charge is 2.10. The molecule has 0 spiro atoms. The average Bonchev–Trinajstić information content (AvgIpc) is 3.17. The number of aryl methyl sites for hydroxylation is 1. The third-order valence-electron chi connectivity index (χ3n) is 3.18. The van der Waals surface area contributed by atoms with Crippen LogP contribution in [-0.2, 0) is 22.7 Å². The molecule has 1 aromatic carbocycles. The Bertz CT molecular complexity index is 845. The van der Waals surface area contributed by atoms with Crippen molar-refractivity contribution in [2.24, 2.45) is 0 Å². The van der Waals surface area contributed by atoms with Crippen molar-refractivity contribution < 1.29 is 14.1 Å². The van der Waals surface area contributed by atoms with Crippen LogP contribution in [0.25, 0.3) is 11.0 Å². The molecule has 0 fully saturated rings. The summed E-state index contributed by atoms with van der Waals surface area (Å²) in [4.78, 5) is 23.6. The van der Waals surface area contributed by atoms with Gasteiger partial charge in [-0.3, -0.25) is 4.79 Å². The summed E-state index contributed by atoms with van der Waals surface area (Å²) in [5, 5.41) is 7.21. The van der Waals surface area contributed by atoms with Gasteiger partial charge < -0.3 is 19.6 Å². The number of methoxy groups -OCH3 is 1. The Morgan fingerprint density at radius 1 is 1.42 bits per heavy atom. The van der Waals surface area contributed by atoms with Crippen LogP contribution in [0.5, 0.6) is 0 Å². The Morgan fingerprint density at radius 3 is 3.12 bits per heavy atom. The fourth-order valence-electron chi connectivity index (χ4n) is 2.08. The number of aromatic nitrogens is 4. The minimum absolute atomic E-state index is 0.130. The van der Waals surface area contributed by atoms with Gasteiger partial charge in [0.15, 0.2) is 11.0 Å². The summed E-state index contributed by atoms with van der Waals surface area (Å²) in [6.07, 6.45) is 0. The molecule has 24 heavy (non-hydrogen) atoms. The van der Waals surface area contributed by atoms with E-state index in [1.54, 1.807) is 7.11 Å². The number of aromatic amines is 1. The molecule has 126 valence electrons. The molecule has 0 aliphatic heterocycles. The highest BCUT2D eigenvalue weighted by molar-refractivity contribution is 7.99. The Labute approximate surface area is 142 Å². The lowest BCUT2D eigenvalue weighted by Gasteiger charge is -2.00. The number of nitrogens with one attached hydrogen (secondary N) is 2. The summed E-state index contributed by atoms with van der Waals surface area (Å²) in [6, 6.07) is 5.99. The molecule has 0 unspecified atom stereocenters. The largest absolute Gasteiger partial charge is 0.375 e. The molecule has 0 radical (unpaired) electrons. The van der Waals surface area contributed by atoms with E-state index in [1.165, 1.54) is 11.8 Å². The molecule has 1 amide bonds. The molecule has 9 heteroatoms. The van der Waals surface area contributed by atoms with E-state index in [-0.39, 0.29) is 24.8 Å². The van der Waals surface area contributed by atoms with E-state index in [1.807, 2.05) is 25.1 Å². The molecule has 0 aliphatic rings. The summed E-state index contributed by atoms with van der Waals surface area (Å²) < 4.78 is 9.84. The Kier molecular flexibility index (Phi) is 5.11. The van der Waals surface area contributed by atoms with Crippen molar-refractivity contribution in [3.8, 4) is 0 Å². The van der Waals surface area contributed by atoms with E-state index in [9.17, 15) is 4.79 Å². The van der Waals surface area contributed by atoms with Crippen molar-refractivity contribution in [3.05, 3.63) is 35.5 Å². The molecule has 3 aromatic rings. The van der Waals surface area contributed by atoms with Crippen molar-refractivity contribution in [3.63, 3.8) is 0 Å². The van der Waals surface area contributed by atoms with Crippen molar-refractivity contribution >= 4 is 28.7 Å². The van der Waals surface area contributed by atoms with Gasteiger partial charge in [-0.2, -0.15) is 4.98 Å². The second-order valence-electron chi connectivity index (χ2n) is 5.17. The van der Waals surface area contributed by atoms with Crippen molar-refractivity contribution in [1.29, 1.82) is 0 Å². The van der Waals surface area contributed by atoms with E-state index in [0.29, 0.717) is 16.9 Å². The topological polar surface area (TPSA) is 106 Å². The fourth-order valence-corrected chi connectivity index (χ4v) is 2.79. The van der Waals surface area contributed by atoms with E-state index in [0.717, 1.165) is 16.6 Å². The number of ether oxygens (including phenoxy) is 1. The molecule has 0 bridgehead atoms. The first-order valence-electron chi connectivity index (χ1n) is 7.30. The number of carbonyl (C=O) groups is 1. The number of amides is 1. The zero-order chi connectivity index (χ0) is 16.9. The van der Waals surface area contributed by atoms with Crippen LogP contribution in [0.3, 0.4) is 0 Å². The molecule has 0 saturated carbocycles. The summed E-state index contributed by atoms with van der Waals surface area (Å²) in [6.45, 7) is 2.49. The maximum absolute atomic E-state index is 11.9. The van der Waals surface area contributed by atoms with Crippen LogP contribution < -0.4 is 5.32 Å². The number of hydrogen-bond acceptors (Lipinski definition) is 7. The number of nitrogens with zero attached hydrogens (tertiary/aromatic N) is 3. The first-order valence-corrected chi connectivity index (χ1v) is 8.29. The van der Waals surface area contributed by atoms with Crippen LogP contribution in [0.2, 0.25) is 0 Å². The van der Waals surface area contributed by atoms with E-state index >= 15 is 0 Å². The van der Waals surface area contributed by atoms with Gasteiger partial charge in [0.1, 0.15) is 6.61 Å². The summed E-state index contributed by atoms with van der Waals surface area (Å²) in [5.41, 5.74) is 3.02. The Hall–Kier alpha value is -2.39. The van der Waals surface area contributed by atoms with Crippen molar-refractivity contribution in [2.45, 2.75) is 25.2 Å². The number of imidazole rings is 1. The monoisotopic (exact) mass is 347 g/mol. The highest BCUT2D eigenvalue weighted by Crippen LogP contribution is 2.20. The van der Waals surface area contributed by atoms with Gasteiger partial charge in [-0.05, 0) is 24.6 Å². The number of carbonyl (C=O) groups excluding carboxylic acids is 1. The SMILES string of the molecule is COCc1nc(CNC(=O)CSc2nc3ccc(C)cc3[nH]2)no1. The second kappa shape index (κ2) is 7.45. The van der Waals surface area contributed by atoms with Gasteiger partial charge in [0, 0.05) is 7.11 Å². The van der Waals surface area contributed by atoms with E-state index in [2.05, 4.69) is 25.4 Å². The second-order valence-corrected chi connectivity index (χ2v) is 6.13. The van der Waals surface area contributed by atoms with Gasteiger partial charge in [0.05, 0.1) is 23.3 Å². The number of hydrogen-bond donors (Lipinski definition) is 2. The van der Waals surface area contributed by atoms with Gasteiger partial charge in [-0.25, -0.2) is 4.98 Å². The van der Waals surface area contributed by atoms with Crippen LogP contribution in [0.1, 0.15) is 17.3 Å². The molecule has 8 nitrogen and oxygen atoms in total. The van der Waals surface area contributed by atoms with Crippen molar-refractivity contribution in [1.82, 2.24) is 25.4 Å². The zero-order valence-electron chi connectivity index (χ0n) is 13.3. The first kappa shape index (κ1) is 16.5. The maximum Gasteiger partial charge on any atom is 0.252 e. The van der Waals surface area contributed by atoms with Gasteiger partial charge in [-0.1, -0.05) is 23.0 Å². The number of rotatable bonds is 7. The number of fused-ring (bicyclic) bond motifs is 1. The molecule has 0 atom stereocenters. The molecule has 2 N–H and O–H groups in total. The average molecular weight is 347 g/mol. The normalized spacial score (nSPS) is 11.1. The number of H-pyrrole nitrogens is 1. The molecular formula is C15H17N5O3S. The number of thioether (sulfide) groups is 1. The van der Waals surface area contributed by atoms with Crippen LogP contribution in [0.15, 0.2) is 27.9 Å². The van der Waals surface area contributed by atoms with Crippen LogP contribution in [-0.4, -0.2) is 38.9 Å². The minimum Gasteiger partial charge on any atom is -0.375 e. The standard InChI is InChI=1S/C15H17N5O3S/c1-9-3-4-10-11(5-9)18-15(17-10)24-8-13(21)16-6-12-19-14(7-22-2)23-20-12/h3-5H,6-8H2,1-2H3,(H,16,21)(H,17,18). The van der Waals surface area contributed by atoms with Gasteiger partial charge >= 0.3 is 0 Å². The van der Waals surface area contributed by atoms with Gasteiger partial charge in [-0.15, -0.1) is 0 Å². The van der Waals surface area contributed by atoms with Crippen LogP contribution >= 0.6 is 11.8 Å². The molecule has 0 saturated heterocycles. The third kappa shape index (κ3) is 4.12. The first-order chi connectivity index (χ1) is 11.6. The summed E-state index contributed by atoms with van der Waals surface area (Å²) in [5.74, 6) is 0.921. The summed E-state index contributed by atoms with van der Waals surface area (Å²) >= 11 is 1.35. The smallest absolute Gasteiger partial charge is 0.252 e. The number of benzene rings is 1. The van der Waals surface area contributed by atoms with Crippen LogP contribution in [0.4, 0.5) is 0 Å². The Balaban J connectivity index is 1.49. The lowest BCUT2D eigenvalue weighted by Crippen LogP contribution is -2.25. The molecule has 0 aliphatic carbocycles. The Morgan fingerprint density at radius 2 is 2.29 bits per heavy atom. The minimum atomic E-state index is -0.130. The van der Waals surface area contributed by atoms with E-state index in [4.69, 9.17) is 9.26 Å². The van der Waals surface area contributed by atoms with Gasteiger partial charge in [0.2, 0.25) is 5.91 Å². The molecule has 2 heterocycles. The fraction of sp³-hybridized carbons (Fsp3) is 0.333. The lowest BCUT2D eigenvalue weighted by molar-refractivity contribution is -0.118. The van der Waals surface area contributed by atoms with Crippen LogP contribution in [0, 0.1) is 6.92 Å².